The molecule has 6 heteroatoms. The first kappa shape index (κ1) is 23.3. The van der Waals surface area contributed by atoms with E-state index < -0.39 is 0 Å². The monoisotopic (exact) mass is 409 g/mol. The van der Waals surface area contributed by atoms with Gasteiger partial charge in [0, 0.05) is 51.5 Å². The van der Waals surface area contributed by atoms with Crippen LogP contribution in [0.5, 0.6) is 0 Å². The summed E-state index contributed by atoms with van der Waals surface area (Å²) < 4.78 is 0. The third-order valence-electron chi connectivity index (χ3n) is 4.97. The van der Waals surface area contributed by atoms with Crippen LogP contribution >= 0.6 is 0 Å². The van der Waals surface area contributed by atoms with Crippen LogP contribution in [0.2, 0.25) is 0 Å². The fourth-order valence-electron chi connectivity index (χ4n) is 3.05. The van der Waals surface area contributed by atoms with Crippen molar-refractivity contribution in [2.75, 3.05) is 45.7 Å². The minimum Gasteiger partial charge on any atom is -0.370 e. The summed E-state index contributed by atoms with van der Waals surface area (Å²) in [6.07, 6.45) is 0.818. The summed E-state index contributed by atoms with van der Waals surface area (Å²) in [5.41, 5.74) is 3.03. The Kier molecular flexibility index (Phi) is 9.19. The van der Waals surface area contributed by atoms with Crippen LogP contribution in [0.4, 0.5) is 5.69 Å². The van der Waals surface area contributed by atoms with E-state index in [-0.39, 0.29) is 11.9 Å². The molecule has 2 rings (SSSR count). The maximum Gasteiger partial charge on any atom is 0.253 e. The second kappa shape index (κ2) is 11.9. The van der Waals surface area contributed by atoms with Gasteiger partial charge in [-0.25, -0.2) is 0 Å². The quantitative estimate of drug-likeness (QED) is 0.494. The average molecular weight is 410 g/mol. The first-order valence-corrected chi connectivity index (χ1v) is 10.5. The van der Waals surface area contributed by atoms with Crippen molar-refractivity contribution in [3.63, 3.8) is 0 Å². The molecule has 1 unspecified atom stereocenters. The third kappa shape index (κ3) is 7.10. The summed E-state index contributed by atoms with van der Waals surface area (Å²) >= 11 is 0. The van der Waals surface area contributed by atoms with E-state index in [4.69, 9.17) is 4.99 Å². The van der Waals surface area contributed by atoms with E-state index in [1.54, 1.807) is 19.0 Å². The van der Waals surface area contributed by atoms with Gasteiger partial charge in [-0.1, -0.05) is 30.3 Å². The Morgan fingerprint density at radius 1 is 1.03 bits per heavy atom. The lowest BCUT2D eigenvalue weighted by molar-refractivity contribution is 0.0827. The van der Waals surface area contributed by atoms with E-state index in [9.17, 15) is 4.79 Å². The number of likely N-dealkylation sites (N-methyl/N-ethyl adjacent to an activating group) is 1. The van der Waals surface area contributed by atoms with Crippen LogP contribution in [0.3, 0.4) is 0 Å². The van der Waals surface area contributed by atoms with Crippen LogP contribution in [-0.2, 0) is 6.42 Å². The van der Waals surface area contributed by atoms with Gasteiger partial charge in [0.05, 0.1) is 6.54 Å². The molecule has 2 N–H and O–H groups in total. The molecular formula is C24H35N5O. The first-order chi connectivity index (χ1) is 14.4. The topological polar surface area (TPSA) is 60.0 Å². The molecule has 0 aromatic heterocycles. The standard InChI is InChI=1S/C24H35N5O/c1-6-25-24(27-18-19(2)29(5)22-13-8-7-9-14-22)26-16-15-20-11-10-12-21(17-20)23(30)28(3)4/h7-14,17,19H,6,15-16,18H2,1-5H3,(H2,25,26,27). The lowest BCUT2D eigenvalue weighted by atomic mass is 10.1. The molecule has 0 bridgehead atoms. The van der Waals surface area contributed by atoms with Gasteiger partial charge in [0.15, 0.2) is 5.96 Å². The molecule has 30 heavy (non-hydrogen) atoms. The fraction of sp³-hybridized carbons (Fsp3) is 0.417. The van der Waals surface area contributed by atoms with Gasteiger partial charge in [-0.05, 0) is 50.1 Å². The van der Waals surface area contributed by atoms with Crippen molar-refractivity contribution < 1.29 is 4.79 Å². The zero-order valence-corrected chi connectivity index (χ0v) is 18.9. The summed E-state index contributed by atoms with van der Waals surface area (Å²) in [6, 6.07) is 18.4. The van der Waals surface area contributed by atoms with Crippen molar-refractivity contribution >= 4 is 17.6 Å². The number of rotatable bonds is 9. The molecule has 0 aliphatic rings. The van der Waals surface area contributed by atoms with Crippen molar-refractivity contribution in [1.82, 2.24) is 15.5 Å². The lowest BCUT2D eigenvalue weighted by Crippen LogP contribution is -2.40. The summed E-state index contributed by atoms with van der Waals surface area (Å²) in [7, 11) is 5.63. The van der Waals surface area contributed by atoms with E-state index in [0.717, 1.165) is 36.6 Å². The molecule has 0 spiro atoms. The van der Waals surface area contributed by atoms with Gasteiger partial charge in [0.1, 0.15) is 0 Å². The molecule has 1 amide bonds. The van der Waals surface area contributed by atoms with Gasteiger partial charge in [-0.15, -0.1) is 0 Å². The number of hydrogen-bond donors (Lipinski definition) is 2. The largest absolute Gasteiger partial charge is 0.370 e. The Bertz CT molecular complexity index is 819. The lowest BCUT2D eigenvalue weighted by Gasteiger charge is -2.26. The molecular weight excluding hydrogens is 374 g/mol. The number of guanidine groups is 1. The summed E-state index contributed by atoms with van der Waals surface area (Å²) in [6.45, 7) is 6.48. The number of hydrogen-bond acceptors (Lipinski definition) is 3. The van der Waals surface area contributed by atoms with Crippen LogP contribution in [0.25, 0.3) is 0 Å². The van der Waals surface area contributed by atoms with Gasteiger partial charge in [-0.2, -0.15) is 0 Å². The number of anilines is 1. The van der Waals surface area contributed by atoms with Crippen LogP contribution in [0.15, 0.2) is 59.6 Å². The van der Waals surface area contributed by atoms with Crippen LogP contribution in [0, 0.1) is 0 Å². The average Bonchev–Trinajstić information content (AvgIpc) is 2.76. The normalized spacial score (nSPS) is 12.2. The van der Waals surface area contributed by atoms with E-state index in [0.29, 0.717) is 6.54 Å². The number of nitrogens with zero attached hydrogens (tertiary/aromatic N) is 3. The van der Waals surface area contributed by atoms with Crippen LogP contribution in [-0.4, -0.2) is 63.6 Å². The van der Waals surface area contributed by atoms with Crippen molar-refractivity contribution in [3.8, 4) is 0 Å². The summed E-state index contributed by atoms with van der Waals surface area (Å²) in [5.74, 6) is 0.836. The highest BCUT2D eigenvalue weighted by Crippen LogP contribution is 2.14. The molecule has 1 atom stereocenters. The van der Waals surface area contributed by atoms with Gasteiger partial charge >= 0.3 is 0 Å². The minimum absolute atomic E-state index is 0.0243. The van der Waals surface area contributed by atoms with Crippen molar-refractivity contribution in [2.24, 2.45) is 4.99 Å². The maximum absolute atomic E-state index is 12.1. The summed E-state index contributed by atoms with van der Waals surface area (Å²) in [5, 5.41) is 6.71. The molecule has 0 fully saturated rings. The highest BCUT2D eigenvalue weighted by atomic mass is 16.2. The molecule has 0 saturated heterocycles. The van der Waals surface area contributed by atoms with Crippen LogP contribution in [0.1, 0.15) is 29.8 Å². The Balaban J connectivity index is 1.91. The fourth-order valence-corrected chi connectivity index (χ4v) is 3.05. The van der Waals surface area contributed by atoms with Crippen LogP contribution < -0.4 is 15.5 Å². The Morgan fingerprint density at radius 2 is 1.77 bits per heavy atom. The highest BCUT2D eigenvalue weighted by molar-refractivity contribution is 5.94. The number of amides is 1. The molecule has 6 nitrogen and oxygen atoms in total. The van der Waals surface area contributed by atoms with Gasteiger partial charge in [-0.3, -0.25) is 9.79 Å². The summed E-state index contributed by atoms with van der Waals surface area (Å²) in [4.78, 5) is 20.7. The van der Waals surface area contributed by atoms with Crippen molar-refractivity contribution in [3.05, 3.63) is 65.7 Å². The van der Waals surface area contributed by atoms with E-state index >= 15 is 0 Å². The molecule has 0 saturated carbocycles. The number of carbonyl (C=O) groups excluding carboxylic acids is 1. The van der Waals surface area contributed by atoms with E-state index in [1.165, 1.54) is 5.69 Å². The predicted molar refractivity (Wildman–Crippen MR) is 126 cm³/mol. The molecule has 0 radical (unpaired) electrons. The number of para-hydroxylation sites is 1. The van der Waals surface area contributed by atoms with Gasteiger partial charge in [0.2, 0.25) is 0 Å². The minimum atomic E-state index is 0.0243. The molecule has 162 valence electrons. The number of nitrogens with one attached hydrogen (secondary N) is 2. The second-order valence-electron chi connectivity index (χ2n) is 7.59. The Morgan fingerprint density at radius 3 is 2.43 bits per heavy atom. The molecule has 2 aromatic carbocycles. The number of benzene rings is 2. The third-order valence-corrected chi connectivity index (χ3v) is 4.97. The predicted octanol–water partition coefficient (Wildman–Crippen LogP) is 3.01. The maximum atomic E-state index is 12.1. The van der Waals surface area contributed by atoms with Crippen molar-refractivity contribution in [2.45, 2.75) is 26.3 Å². The highest BCUT2D eigenvalue weighted by Gasteiger charge is 2.10. The Labute approximate surface area is 181 Å². The molecule has 2 aromatic rings. The SMILES string of the molecule is CCNC(=NCC(C)N(C)c1ccccc1)NCCc1cccc(C(=O)N(C)C)c1. The second-order valence-corrected chi connectivity index (χ2v) is 7.59. The smallest absolute Gasteiger partial charge is 0.253 e. The molecule has 0 aliphatic heterocycles. The van der Waals surface area contributed by atoms with E-state index in [1.807, 2.05) is 24.3 Å². The van der Waals surface area contributed by atoms with Crippen molar-refractivity contribution in [1.29, 1.82) is 0 Å². The molecule has 0 heterocycles. The van der Waals surface area contributed by atoms with E-state index in [2.05, 4.69) is 66.8 Å². The number of aliphatic imine (C=N–C) groups is 1. The zero-order valence-electron chi connectivity index (χ0n) is 18.9. The molecule has 0 aliphatic carbocycles. The Hall–Kier alpha value is -3.02. The van der Waals surface area contributed by atoms with Gasteiger partial charge < -0.3 is 20.4 Å². The zero-order chi connectivity index (χ0) is 21.9. The number of carbonyl (C=O) groups is 1. The van der Waals surface area contributed by atoms with Gasteiger partial charge in [0.25, 0.3) is 5.91 Å². The first-order valence-electron chi connectivity index (χ1n) is 10.5.